The van der Waals surface area contributed by atoms with E-state index in [1.807, 2.05) is 19.2 Å². The van der Waals surface area contributed by atoms with Crippen molar-refractivity contribution >= 4 is 28.2 Å². The summed E-state index contributed by atoms with van der Waals surface area (Å²) >= 11 is 1.35. The van der Waals surface area contributed by atoms with Crippen LogP contribution in [-0.2, 0) is 4.79 Å². The quantitative estimate of drug-likeness (QED) is 0.514. The van der Waals surface area contributed by atoms with Crippen LogP contribution in [0.4, 0.5) is 9.52 Å². The molecule has 3 aliphatic heterocycles. The van der Waals surface area contributed by atoms with Gasteiger partial charge in [0.25, 0.3) is 0 Å². The van der Waals surface area contributed by atoms with Crippen molar-refractivity contribution in [3.05, 3.63) is 59.4 Å². The van der Waals surface area contributed by atoms with Gasteiger partial charge in [0, 0.05) is 32.9 Å². The van der Waals surface area contributed by atoms with Crippen molar-refractivity contribution in [2.45, 2.75) is 37.9 Å². The molecule has 1 saturated heterocycles. The zero-order valence-corrected chi connectivity index (χ0v) is 23.7. The van der Waals surface area contributed by atoms with Crippen molar-refractivity contribution in [2.75, 3.05) is 45.7 Å². The molecule has 2 unspecified atom stereocenters. The van der Waals surface area contributed by atoms with Gasteiger partial charge >= 0.3 is 0 Å². The lowest BCUT2D eigenvalue weighted by Crippen LogP contribution is -2.59. The molecule has 10 heteroatoms. The van der Waals surface area contributed by atoms with Crippen LogP contribution in [0.3, 0.4) is 0 Å². The summed E-state index contributed by atoms with van der Waals surface area (Å²) in [6.45, 7) is 4.34. The zero-order chi connectivity index (χ0) is 27.7. The molecule has 0 N–H and O–H groups in total. The standard InChI is InChI=1S/C29H34FN7OS/c1-5-29(21-13-16-36(17-14-21)19-25(38)34(2)3)27(37-15-7-6-8-24(37)33-29)35(4)28-32-26(23(18-31)39-28)20-9-11-22(30)12-10-20/h6-12,15,21,27H,5,13-14,16-17,19H2,1-4H3. The topological polar surface area (TPSA) is 79.1 Å². The number of thiazole rings is 1. The Labute approximate surface area is 233 Å². The summed E-state index contributed by atoms with van der Waals surface area (Å²) in [6, 6.07) is 8.39. The highest BCUT2D eigenvalue weighted by atomic mass is 32.1. The van der Waals surface area contributed by atoms with Crippen LogP contribution >= 0.6 is 11.3 Å². The molecule has 0 aliphatic carbocycles. The Hall–Kier alpha value is -3.55. The van der Waals surface area contributed by atoms with E-state index in [1.165, 1.54) is 23.5 Å². The Bertz CT molecular complexity index is 1350. The minimum Gasteiger partial charge on any atom is -0.348 e. The van der Waals surface area contributed by atoms with Crippen molar-refractivity contribution in [3.63, 3.8) is 0 Å². The first kappa shape index (κ1) is 27.0. The Morgan fingerprint density at radius 2 is 1.92 bits per heavy atom. The van der Waals surface area contributed by atoms with Crippen molar-refractivity contribution in [2.24, 2.45) is 10.9 Å². The summed E-state index contributed by atoms with van der Waals surface area (Å²) in [6.07, 6.45) is 10.8. The molecule has 2 aromatic rings. The third-order valence-electron chi connectivity index (χ3n) is 8.12. The molecule has 1 aromatic carbocycles. The first-order valence-electron chi connectivity index (χ1n) is 13.3. The molecule has 4 heterocycles. The number of fused-ring (bicyclic) bond motifs is 1. The van der Waals surface area contributed by atoms with E-state index in [1.54, 1.807) is 31.1 Å². The highest BCUT2D eigenvalue weighted by Crippen LogP contribution is 2.46. The van der Waals surface area contributed by atoms with Crippen LogP contribution in [-0.4, -0.2) is 83.9 Å². The number of carbonyl (C=O) groups excluding carboxylic acids is 1. The van der Waals surface area contributed by atoms with Gasteiger partial charge in [-0.3, -0.25) is 14.7 Å². The molecule has 1 amide bonds. The number of nitrogens with zero attached hydrogens (tertiary/aromatic N) is 7. The van der Waals surface area contributed by atoms with Gasteiger partial charge in [0.2, 0.25) is 5.91 Å². The maximum Gasteiger partial charge on any atom is 0.236 e. The van der Waals surface area contributed by atoms with Crippen molar-refractivity contribution in [3.8, 4) is 17.3 Å². The smallest absolute Gasteiger partial charge is 0.236 e. The normalized spacial score (nSPS) is 22.9. The average molecular weight is 548 g/mol. The van der Waals surface area contributed by atoms with Gasteiger partial charge in [0.1, 0.15) is 40.0 Å². The Balaban J connectivity index is 1.46. The number of likely N-dealkylation sites (N-methyl/N-ethyl adjacent to an activating group) is 2. The number of anilines is 1. The van der Waals surface area contributed by atoms with Crippen LogP contribution in [0.1, 0.15) is 31.1 Å². The molecule has 1 aromatic heterocycles. The second-order valence-corrected chi connectivity index (χ2v) is 11.5. The molecule has 1 fully saturated rings. The van der Waals surface area contributed by atoms with E-state index in [0.717, 1.165) is 48.9 Å². The van der Waals surface area contributed by atoms with Gasteiger partial charge in [0.05, 0.1) is 6.54 Å². The third kappa shape index (κ3) is 4.97. The SMILES string of the molecule is CCC1(C2CCN(CC(=O)N(C)C)CC2)N=C2C=CC=CN2C1N(C)c1nc(-c2ccc(F)cc2)c(C#N)s1. The van der Waals surface area contributed by atoms with Crippen LogP contribution in [0, 0.1) is 23.1 Å². The van der Waals surface area contributed by atoms with Gasteiger partial charge in [-0.2, -0.15) is 5.26 Å². The summed E-state index contributed by atoms with van der Waals surface area (Å²) in [5, 5.41) is 10.6. The number of allylic oxidation sites excluding steroid dienone is 2. The van der Waals surface area contributed by atoms with Crippen molar-refractivity contribution in [1.82, 2.24) is 19.7 Å². The number of halogens is 1. The third-order valence-corrected chi connectivity index (χ3v) is 9.17. The highest BCUT2D eigenvalue weighted by molar-refractivity contribution is 7.16. The molecule has 2 atom stereocenters. The van der Waals surface area contributed by atoms with E-state index in [9.17, 15) is 14.4 Å². The number of likely N-dealkylation sites (tertiary alicyclic amines) is 1. The number of hydrogen-bond acceptors (Lipinski definition) is 8. The lowest BCUT2D eigenvalue weighted by Gasteiger charge is -2.47. The number of carbonyl (C=O) groups is 1. The Morgan fingerprint density at radius 1 is 1.21 bits per heavy atom. The fourth-order valence-electron chi connectivity index (χ4n) is 6.00. The van der Waals surface area contributed by atoms with Crippen molar-refractivity contribution in [1.29, 1.82) is 5.26 Å². The first-order chi connectivity index (χ1) is 18.8. The number of aliphatic imine (C=N–C) groups is 1. The molecule has 0 spiro atoms. The van der Waals surface area contributed by atoms with Crippen LogP contribution < -0.4 is 4.90 Å². The monoisotopic (exact) mass is 547 g/mol. The van der Waals surface area contributed by atoms with Crippen LogP contribution in [0.25, 0.3) is 11.3 Å². The van der Waals surface area contributed by atoms with E-state index in [-0.39, 0.29) is 17.9 Å². The van der Waals surface area contributed by atoms with Gasteiger partial charge < -0.3 is 14.7 Å². The summed E-state index contributed by atoms with van der Waals surface area (Å²) < 4.78 is 13.6. The maximum absolute atomic E-state index is 13.6. The van der Waals surface area contributed by atoms with Gasteiger partial charge in [0.15, 0.2) is 5.13 Å². The number of aromatic nitrogens is 1. The fourth-order valence-corrected chi connectivity index (χ4v) is 6.87. The number of benzene rings is 1. The summed E-state index contributed by atoms with van der Waals surface area (Å²) in [5.41, 5.74) is 0.892. The van der Waals surface area contributed by atoms with E-state index in [0.29, 0.717) is 23.0 Å². The van der Waals surface area contributed by atoms with E-state index >= 15 is 0 Å². The van der Waals surface area contributed by atoms with Crippen LogP contribution in [0.15, 0.2) is 53.7 Å². The molecule has 204 valence electrons. The molecular weight excluding hydrogens is 513 g/mol. The minimum atomic E-state index is -0.394. The number of nitriles is 1. The average Bonchev–Trinajstić information content (AvgIpc) is 3.53. The Morgan fingerprint density at radius 3 is 2.56 bits per heavy atom. The molecule has 0 bridgehead atoms. The molecular formula is C29H34FN7OS. The number of hydrogen-bond donors (Lipinski definition) is 0. The largest absolute Gasteiger partial charge is 0.348 e. The number of rotatable bonds is 7. The number of amides is 1. The summed E-state index contributed by atoms with van der Waals surface area (Å²) in [5.74, 6) is 1.04. The fraction of sp³-hybridized carbons (Fsp3) is 0.448. The lowest BCUT2D eigenvalue weighted by molar-refractivity contribution is -0.130. The molecule has 8 nitrogen and oxygen atoms in total. The lowest BCUT2D eigenvalue weighted by atomic mass is 9.74. The molecule has 5 rings (SSSR count). The molecule has 3 aliphatic rings. The van der Waals surface area contributed by atoms with Crippen LogP contribution in [0.5, 0.6) is 0 Å². The highest BCUT2D eigenvalue weighted by Gasteiger charge is 2.54. The maximum atomic E-state index is 13.6. The predicted molar refractivity (Wildman–Crippen MR) is 153 cm³/mol. The summed E-state index contributed by atoms with van der Waals surface area (Å²) in [7, 11) is 5.62. The number of amidine groups is 1. The predicted octanol–water partition coefficient (Wildman–Crippen LogP) is 4.33. The van der Waals surface area contributed by atoms with Gasteiger partial charge in [-0.25, -0.2) is 9.37 Å². The Kier molecular flexibility index (Phi) is 7.56. The van der Waals surface area contributed by atoms with Gasteiger partial charge in [-0.1, -0.05) is 24.3 Å². The van der Waals surface area contributed by atoms with Gasteiger partial charge in [-0.05, 0) is 74.7 Å². The van der Waals surface area contributed by atoms with Gasteiger partial charge in [-0.15, -0.1) is 0 Å². The minimum absolute atomic E-state index is 0.124. The zero-order valence-electron chi connectivity index (χ0n) is 22.8. The van der Waals surface area contributed by atoms with E-state index in [4.69, 9.17) is 9.98 Å². The molecule has 39 heavy (non-hydrogen) atoms. The van der Waals surface area contributed by atoms with E-state index in [2.05, 4.69) is 40.0 Å². The molecule has 0 saturated carbocycles. The second-order valence-electron chi connectivity index (χ2n) is 10.5. The second kappa shape index (κ2) is 10.9. The van der Waals surface area contributed by atoms with Crippen LogP contribution in [0.2, 0.25) is 0 Å². The first-order valence-corrected chi connectivity index (χ1v) is 14.1. The van der Waals surface area contributed by atoms with Crippen molar-refractivity contribution < 1.29 is 9.18 Å². The van der Waals surface area contributed by atoms with E-state index < -0.39 is 5.54 Å². The molecule has 0 radical (unpaired) electrons. The number of piperidine rings is 1. The summed E-state index contributed by atoms with van der Waals surface area (Å²) in [4.78, 5) is 31.3.